The van der Waals surface area contributed by atoms with Crippen LogP contribution in [0.3, 0.4) is 0 Å². The first kappa shape index (κ1) is 24.4. The number of hydrogen-bond acceptors (Lipinski definition) is 9. The van der Waals surface area contributed by atoms with Crippen LogP contribution in [0.5, 0.6) is 5.75 Å². The third-order valence-electron chi connectivity index (χ3n) is 4.68. The third kappa shape index (κ3) is 5.75. The van der Waals surface area contributed by atoms with E-state index in [-0.39, 0.29) is 48.3 Å². The van der Waals surface area contributed by atoms with Gasteiger partial charge in [0.15, 0.2) is 0 Å². The van der Waals surface area contributed by atoms with Crippen molar-refractivity contribution in [3.8, 4) is 29.3 Å². The van der Waals surface area contributed by atoms with Crippen LogP contribution in [0.2, 0.25) is 0 Å². The third-order valence-corrected chi connectivity index (χ3v) is 6.60. The Labute approximate surface area is 196 Å². The molecule has 0 aliphatic carbocycles. The van der Waals surface area contributed by atoms with E-state index in [9.17, 15) is 13.2 Å². The summed E-state index contributed by atoms with van der Waals surface area (Å²) in [5.74, 6) is 0.300. The van der Waals surface area contributed by atoms with Gasteiger partial charge in [-0.25, -0.2) is 8.42 Å². The topological polar surface area (TPSA) is 162 Å². The molecule has 0 atom stereocenters. The summed E-state index contributed by atoms with van der Waals surface area (Å²) in [6.45, 7) is -0.0626. The Bertz CT molecular complexity index is 1300. The molecule has 0 fully saturated rings. The highest BCUT2D eigenvalue weighted by atomic mass is 32.2. The van der Waals surface area contributed by atoms with Gasteiger partial charge in [0, 0.05) is 37.1 Å². The maximum atomic E-state index is 12.9. The number of sulfonamides is 1. The maximum Gasteiger partial charge on any atom is 0.322 e. The van der Waals surface area contributed by atoms with Crippen LogP contribution >= 0.6 is 0 Å². The molecule has 0 unspecified atom stereocenters. The number of benzene rings is 2. The smallest absolute Gasteiger partial charge is 0.322 e. The molecule has 174 valence electrons. The fourth-order valence-electron chi connectivity index (χ4n) is 2.92. The summed E-state index contributed by atoms with van der Waals surface area (Å²) >= 11 is 0. The molecule has 0 aliphatic rings. The normalized spacial score (nSPS) is 10.9. The second-order valence-corrected chi connectivity index (χ2v) is 8.78. The van der Waals surface area contributed by atoms with Crippen molar-refractivity contribution < 1.29 is 22.4 Å². The van der Waals surface area contributed by atoms with Crippen molar-refractivity contribution >= 4 is 21.9 Å². The van der Waals surface area contributed by atoms with Crippen molar-refractivity contribution in [3.05, 3.63) is 54.1 Å². The van der Waals surface area contributed by atoms with Gasteiger partial charge in [-0.15, -0.1) is 5.10 Å². The van der Waals surface area contributed by atoms with E-state index in [1.165, 1.54) is 24.3 Å². The highest BCUT2D eigenvalue weighted by molar-refractivity contribution is 7.89. The van der Waals surface area contributed by atoms with Gasteiger partial charge in [-0.2, -0.15) is 14.8 Å². The number of nitrogens with zero attached hydrogens (tertiary/aromatic N) is 5. The first-order valence-electron chi connectivity index (χ1n) is 10.0. The number of nitriles is 2. The molecule has 0 aliphatic heterocycles. The summed E-state index contributed by atoms with van der Waals surface area (Å²) < 4.78 is 37.4. The highest BCUT2D eigenvalue weighted by Gasteiger charge is 2.24. The number of nitrogens with one attached hydrogen (secondary N) is 1. The summed E-state index contributed by atoms with van der Waals surface area (Å²) in [6, 6.07) is 15.8. The van der Waals surface area contributed by atoms with Crippen LogP contribution in [0, 0.1) is 22.7 Å². The van der Waals surface area contributed by atoms with Crippen molar-refractivity contribution in [3.63, 3.8) is 0 Å². The van der Waals surface area contributed by atoms with Crippen molar-refractivity contribution in [1.29, 1.82) is 10.5 Å². The standard InChI is InChI=1S/C22H20N6O5S/c1-32-18-8-4-17(5-9-18)21-26-27-22(33-21)25-20(29)16-6-10-19(11-7-16)34(30,31)28(14-2-12-23)15-3-13-24/h4-11H,2-3,14-15H2,1H3,(H,25,27,29). The summed E-state index contributed by atoms with van der Waals surface area (Å²) in [4.78, 5) is 12.5. The molecule has 0 spiro atoms. The second-order valence-electron chi connectivity index (χ2n) is 6.84. The van der Waals surface area contributed by atoms with Gasteiger partial charge in [0.1, 0.15) is 5.75 Å². The van der Waals surface area contributed by atoms with Gasteiger partial charge in [-0.1, -0.05) is 5.10 Å². The number of amides is 1. The van der Waals surface area contributed by atoms with E-state index in [2.05, 4.69) is 15.5 Å². The number of ether oxygens (including phenoxy) is 1. The minimum atomic E-state index is -3.93. The van der Waals surface area contributed by atoms with Crippen LogP contribution in [-0.2, 0) is 10.0 Å². The summed E-state index contributed by atoms with van der Waals surface area (Å²) in [5.41, 5.74) is 0.810. The second kappa shape index (κ2) is 11.0. The van der Waals surface area contributed by atoms with Crippen molar-refractivity contribution in [2.24, 2.45) is 0 Å². The largest absolute Gasteiger partial charge is 0.497 e. The first-order chi connectivity index (χ1) is 16.4. The Morgan fingerprint density at radius 3 is 2.21 bits per heavy atom. The zero-order chi connectivity index (χ0) is 24.6. The molecule has 1 heterocycles. The van der Waals surface area contributed by atoms with E-state index < -0.39 is 15.9 Å². The lowest BCUT2D eigenvalue weighted by Crippen LogP contribution is -2.32. The Morgan fingerprint density at radius 2 is 1.65 bits per heavy atom. The Morgan fingerprint density at radius 1 is 1.03 bits per heavy atom. The number of methoxy groups -OCH3 is 1. The zero-order valence-electron chi connectivity index (χ0n) is 18.1. The lowest BCUT2D eigenvalue weighted by molar-refractivity contribution is 0.102. The SMILES string of the molecule is COc1ccc(-c2nnc(NC(=O)c3ccc(S(=O)(=O)N(CCC#N)CCC#N)cc3)o2)cc1. The van der Waals surface area contributed by atoms with Crippen LogP contribution in [0.1, 0.15) is 23.2 Å². The molecule has 1 amide bonds. The summed E-state index contributed by atoms with van der Waals surface area (Å²) in [6.07, 6.45) is -0.0122. The van der Waals surface area contributed by atoms with E-state index in [0.29, 0.717) is 11.3 Å². The number of hydrogen-bond donors (Lipinski definition) is 1. The predicted molar refractivity (Wildman–Crippen MR) is 120 cm³/mol. The molecular weight excluding hydrogens is 460 g/mol. The van der Waals surface area contributed by atoms with Gasteiger partial charge in [-0.05, 0) is 48.5 Å². The van der Waals surface area contributed by atoms with Crippen LogP contribution in [0.4, 0.5) is 6.01 Å². The van der Waals surface area contributed by atoms with Crippen molar-refractivity contribution in [1.82, 2.24) is 14.5 Å². The van der Waals surface area contributed by atoms with Crippen LogP contribution in [0.25, 0.3) is 11.5 Å². The number of carbonyl (C=O) groups is 1. The molecule has 3 aromatic rings. The molecule has 3 rings (SSSR count). The van der Waals surface area contributed by atoms with Gasteiger partial charge in [-0.3, -0.25) is 10.1 Å². The number of carbonyl (C=O) groups excluding carboxylic acids is 1. The van der Waals surface area contributed by atoms with Gasteiger partial charge in [0.25, 0.3) is 5.91 Å². The fourth-order valence-corrected chi connectivity index (χ4v) is 4.36. The molecule has 0 bridgehead atoms. The summed E-state index contributed by atoms with van der Waals surface area (Å²) in [7, 11) is -2.38. The molecule has 34 heavy (non-hydrogen) atoms. The van der Waals surface area contributed by atoms with E-state index in [0.717, 1.165) is 4.31 Å². The number of aromatic nitrogens is 2. The predicted octanol–water partition coefficient (Wildman–Crippen LogP) is 2.82. The minimum Gasteiger partial charge on any atom is -0.497 e. The van der Waals surface area contributed by atoms with Crippen LogP contribution in [-0.4, -0.2) is 49.0 Å². The van der Waals surface area contributed by atoms with Crippen molar-refractivity contribution in [2.45, 2.75) is 17.7 Å². The molecule has 1 N–H and O–H groups in total. The van der Waals surface area contributed by atoms with E-state index in [4.69, 9.17) is 19.7 Å². The van der Waals surface area contributed by atoms with Crippen molar-refractivity contribution in [2.75, 3.05) is 25.5 Å². The molecule has 11 nitrogen and oxygen atoms in total. The zero-order valence-corrected chi connectivity index (χ0v) is 18.9. The van der Waals surface area contributed by atoms with E-state index in [1.54, 1.807) is 31.4 Å². The van der Waals surface area contributed by atoms with E-state index in [1.807, 2.05) is 12.1 Å². The van der Waals surface area contributed by atoms with Gasteiger partial charge in [0.05, 0.1) is 24.1 Å². The number of rotatable bonds is 10. The Hall–Kier alpha value is -4.26. The highest BCUT2D eigenvalue weighted by Crippen LogP contribution is 2.23. The minimum absolute atomic E-state index is 0.00611. The molecular formula is C22H20N6O5S. The Balaban J connectivity index is 1.70. The maximum absolute atomic E-state index is 12.9. The lowest BCUT2D eigenvalue weighted by atomic mass is 10.2. The van der Waals surface area contributed by atoms with Crippen LogP contribution < -0.4 is 10.1 Å². The molecule has 12 heteroatoms. The van der Waals surface area contributed by atoms with Gasteiger partial charge < -0.3 is 9.15 Å². The molecule has 0 saturated carbocycles. The fraction of sp³-hybridized carbons (Fsp3) is 0.227. The van der Waals surface area contributed by atoms with Crippen LogP contribution in [0.15, 0.2) is 57.8 Å². The van der Waals surface area contributed by atoms with E-state index >= 15 is 0 Å². The quantitative estimate of drug-likeness (QED) is 0.459. The molecule has 0 saturated heterocycles. The monoisotopic (exact) mass is 480 g/mol. The van der Waals surface area contributed by atoms with Gasteiger partial charge >= 0.3 is 6.01 Å². The number of anilines is 1. The molecule has 0 radical (unpaired) electrons. The first-order valence-corrected chi connectivity index (χ1v) is 11.5. The average Bonchev–Trinajstić information content (AvgIpc) is 3.32. The molecule has 2 aromatic carbocycles. The average molecular weight is 481 g/mol. The summed E-state index contributed by atoms with van der Waals surface area (Å²) in [5, 5.41) is 27.7. The molecule has 1 aromatic heterocycles. The Kier molecular flexibility index (Phi) is 7.92. The lowest BCUT2D eigenvalue weighted by Gasteiger charge is -2.20. The van der Waals surface area contributed by atoms with Gasteiger partial charge in [0.2, 0.25) is 15.9 Å².